The fraction of sp³-hybridized carbons (Fsp3) is 0.154. The Bertz CT molecular complexity index is 527. The molecule has 1 aliphatic heterocycles. The van der Waals surface area contributed by atoms with Gasteiger partial charge in [-0.05, 0) is 30.2 Å². The van der Waals surface area contributed by atoms with Crippen LogP contribution in [0.25, 0.3) is 0 Å². The summed E-state index contributed by atoms with van der Waals surface area (Å²) in [6, 6.07) is 5.78. The smallest absolute Gasteiger partial charge is 0.0876 e. The van der Waals surface area contributed by atoms with Gasteiger partial charge in [-0.2, -0.15) is 0 Å². The highest BCUT2D eigenvalue weighted by atomic mass is 16.3. The minimum absolute atomic E-state index is 0.0523. The molecule has 3 rings (SSSR count). The molecule has 0 radical (unpaired) electrons. The third-order valence-corrected chi connectivity index (χ3v) is 2.76. The second-order valence-electron chi connectivity index (χ2n) is 3.89. The molecule has 2 N–H and O–H groups in total. The largest absolute Gasteiger partial charge is 0.392 e. The van der Waals surface area contributed by atoms with E-state index in [1.54, 1.807) is 0 Å². The van der Waals surface area contributed by atoms with Crippen molar-refractivity contribution >= 4 is 17.1 Å². The summed E-state index contributed by atoms with van der Waals surface area (Å²) in [4.78, 5) is 4.56. The lowest BCUT2D eigenvalue weighted by Crippen LogP contribution is -2.15. The van der Waals surface area contributed by atoms with Crippen molar-refractivity contribution in [3.63, 3.8) is 0 Å². The highest BCUT2D eigenvalue weighted by Crippen LogP contribution is 2.33. The maximum atomic E-state index is 9.08. The van der Waals surface area contributed by atoms with Gasteiger partial charge in [-0.1, -0.05) is 18.2 Å². The molecule has 0 spiro atoms. The van der Waals surface area contributed by atoms with Gasteiger partial charge in [0, 0.05) is 0 Å². The number of aliphatic imine (C=N–C) groups is 1. The van der Waals surface area contributed by atoms with Crippen LogP contribution < -0.4 is 5.32 Å². The van der Waals surface area contributed by atoms with Gasteiger partial charge >= 0.3 is 0 Å². The van der Waals surface area contributed by atoms with Crippen LogP contribution in [-0.4, -0.2) is 10.8 Å². The molecule has 0 bridgehead atoms. The number of fused-ring (bicyclic) bond motifs is 2. The average molecular weight is 212 g/mol. The number of nitrogens with zero attached hydrogens (tertiary/aromatic N) is 1. The van der Waals surface area contributed by atoms with Gasteiger partial charge in [0.15, 0.2) is 0 Å². The first kappa shape index (κ1) is 9.36. The molecule has 0 atom stereocenters. The summed E-state index contributed by atoms with van der Waals surface area (Å²) >= 11 is 0. The zero-order valence-corrected chi connectivity index (χ0v) is 8.77. The van der Waals surface area contributed by atoms with E-state index in [9.17, 15) is 0 Å². The Morgan fingerprint density at radius 1 is 1.38 bits per heavy atom. The molecule has 0 saturated heterocycles. The van der Waals surface area contributed by atoms with Gasteiger partial charge < -0.3 is 10.4 Å². The molecule has 16 heavy (non-hydrogen) atoms. The van der Waals surface area contributed by atoms with Gasteiger partial charge in [0.25, 0.3) is 0 Å². The van der Waals surface area contributed by atoms with Crippen LogP contribution >= 0.6 is 0 Å². The minimum atomic E-state index is 0.0523. The van der Waals surface area contributed by atoms with E-state index in [0.717, 1.165) is 34.8 Å². The third-order valence-electron chi connectivity index (χ3n) is 2.76. The number of rotatable bonds is 1. The molecule has 0 unspecified atom stereocenters. The number of allylic oxidation sites excluding steroid dienone is 3. The number of hydrogen-bond acceptors (Lipinski definition) is 3. The highest BCUT2D eigenvalue weighted by Gasteiger charge is 2.15. The maximum Gasteiger partial charge on any atom is 0.0876 e. The number of aliphatic hydroxyl groups is 1. The first-order valence-electron chi connectivity index (χ1n) is 5.33. The number of benzene rings is 1. The van der Waals surface area contributed by atoms with E-state index < -0.39 is 0 Å². The first-order chi connectivity index (χ1) is 7.86. The van der Waals surface area contributed by atoms with Crippen LogP contribution in [0.15, 0.2) is 47.1 Å². The number of anilines is 1. The molecule has 3 heteroatoms. The van der Waals surface area contributed by atoms with Crippen molar-refractivity contribution in [1.82, 2.24) is 0 Å². The average Bonchev–Trinajstić information content (AvgIpc) is 2.35. The zero-order valence-electron chi connectivity index (χ0n) is 8.77. The van der Waals surface area contributed by atoms with Crippen LogP contribution in [0.3, 0.4) is 0 Å². The standard InChI is InChI=1S/C13H12N2O/c16-8-9-5-6-12-13(7-9)15-11-4-2-1-3-10(11)14-12/h2-7,14,16H,1,8H2. The quantitative estimate of drug-likeness (QED) is 0.751. The maximum absolute atomic E-state index is 9.08. The summed E-state index contributed by atoms with van der Waals surface area (Å²) in [5.74, 6) is 0. The van der Waals surface area contributed by atoms with Crippen molar-refractivity contribution in [3.8, 4) is 0 Å². The molecule has 0 amide bonds. The van der Waals surface area contributed by atoms with E-state index in [0.29, 0.717) is 0 Å². The molecule has 1 heterocycles. The highest BCUT2D eigenvalue weighted by molar-refractivity contribution is 6.14. The van der Waals surface area contributed by atoms with E-state index in [1.807, 2.05) is 24.3 Å². The normalized spacial score (nSPS) is 16.8. The van der Waals surface area contributed by atoms with Gasteiger partial charge in [-0.3, -0.25) is 0 Å². The number of aliphatic hydroxyl groups excluding tert-OH is 1. The van der Waals surface area contributed by atoms with Crippen molar-refractivity contribution < 1.29 is 5.11 Å². The molecule has 3 nitrogen and oxygen atoms in total. The van der Waals surface area contributed by atoms with Gasteiger partial charge in [-0.25, -0.2) is 4.99 Å². The summed E-state index contributed by atoms with van der Waals surface area (Å²) in [5.41, 5.74) is 4.82. The minimum Gasteiger partial charge on any atom is -0.392 e. The Morgan fingerprint density at radius 3 is 3.19 bits per heavy atom. The second-order valence-corrected chi connectivity index (χ2v) is 3.89. The van der Waals surface area contributed by atoms with E-state index in [4.69, 9.17) is 5.11 Å². The van der Waals surface area contributed by atoms with Crippen molar-refractivity contribution in [2.75, 3.05) is 5.32 Å². The lowest BCUT2D eigenvalue weighted by atomic mass is 10.1. The summed E-state index contributed by atoms with van der Waals surface area (Å²) in [7, 11) is 0. The van der Waals surface area contributed by atoms with Gasteiger partial charge in [-0.15, -0.1) is 0 Å². The molecule has 1 aromatic rings. The topological polar surface area (TPSA) is 44.6 Å². The van der Waals surface area contributed by atoms with Crippen LogP contribution in [0.1, 0.15) is 12.0 Å². The van der Waals surface area contributed by atoms with Crippen LogP contribution in [0, 0.1) is 0 Å². The molecular weight excluding hydrogens is 200 g/mol. The van der Waals surface area contributed by atoms with Gasteiger partial charge in [0.05, 0.1) is 29.4 Å². The lowest BCUT2D eigenvalue weighted by Gasteiger charge is -2.21. The van der Waals surface area contributed by atoms with Crippen molar-refractivity contribution in [3.05, 3.63) is 47.7 Å². The fourth-order valence-corrected chi connectivity index (χ4v) is 1.92. The molecule has 1 aliphatic carbocycles. The fourth-order valence-electron chi connectivity index (χ4n) is 1.92. The van der Waals surface area contributed by atoms with E-state index >= 15 is 0 Å². The third kappa shape index (κ3) is 1.46. The Labute approximate surface area is 93.8 Å². The van der Waals surface area contributed by atoms with Crippen molar-refractivity contribution in [1.29, 1.82) is 0 Å². The Morgan fingerprint density at radius 2 is 2.31 bits per heavy atom. The molecule has 2 aliphatic rings. The Hall–Kier alpha value is -1.87. The van der Waals surface area contributed by atoms with Gasteiger partial charge in [0.1, 0.15) is 0 Å². The first-order valence-corrected chi connectivity index (χ1v) is 5.33. The van der Waals surface area contributed by atoms with Gasteiger partial charge in [0.2, 0.25) is 0 Å². The summed E-state index contributed by atoms with van der Waals surface area (Å²) in [6.45, 7) is 0.0523. The number of nitrogens with one attached hydrogen (secondary N) is 1. The zero-order chi connectivity index (χ0) is 11.0. The Kier molecular flexibility index (Phi) is 2.11. The molecule has 0 saturated carbocycles. The molecule has 80 valence electrons. The summed E-state index contributed by atoms with van der Waals surface area (Å²) in [6.07, 6.45) is 7.19. The summed E-state index contributed by atoms with van der Waals surface area (Å²) < 4.78 is 0. The molecule has 1 aromatic carbocycles. The summed E-state index contributed by atoms with van der Waals surface area (Å²) in [5, 5.41) is 12.4. The van der Waals surface area contributed by atoms with Crippen molar-refractivity contribution in [2.24, 2.45) is 4.99 Å². The molecule has 0 fully saturated rings. The lowest BCUT2D eigenvalue weighted by molar-refractivity contribution is 0.282. The van der Waals surface area contributed by atoms with Crippen LogP contribution in [0.5, 0.6) is 0 Å². The van der Waals surface area contributed by atoms with E-state index in [-0.39, 0.29) is 6.61 Å². The van der Waals surface area contributed by atoms with E-state index in [1.165, 1.54) is 0 Å². The van der Waals surface area contributed by atoms with Crippen LogP contribution in [0.4, 0.5) is 11.4 Å². The predicted molar refractivity (Wildman–Crippen MR) is 64.9 cm³/mol. The molecular formula is C13H12N2O. The predicted octanol–water partition coefficient (Wildman–Crippen LogP) is 2.52. The monoisotopic (exact) mass is 212 g/mol. The van der Waals surface area contributed by atoms with E-state index in [2.05, 4.69) is 22.5 Å². The van der Waals surface area contributed by atoms with Crippen molar-refractivity contribution in [2.45, 2.75) is 13.0 Å². The molecule has 0 aromatic heterocycles. The SMILES string of the molecule is OCc1ccc2c(c1)N=C1C=CCC=C1N2. The second kappa shape index (κ2) is 3.61. The van der Waals surface area contributed by atoms with Crippen LogP contribution in [-0.2, 0) is 6.61 Å². The number of hydrogen-bond donors (Lipinski definition) is 2. The Balaban J connectivity index is 2.10. The van der Waals surface area contributed by atoms with Crippen LogP contribution in [0.2, 0.25) is 0 Å².